The van der Waals surface area contributed by atoms with Crippen molar-refractivity contribution in [3.8, 4) is 0 Å². The lowest BCUT2D eigenvalue weighted by Gasteiger charge is -2.35. The highest BCUT2D eigenvalue weighted by molar-refractivity contribution is 9.10. The van der Waals surface area contributed by atoms with Gasteiger partial charge in [-0.15, -0.1) is 0 Å². The van der Waals surface area contributed by atoms with Crippen LogP contribution in [0.25, 0.3) is 0 Å². The molecule has 5 nitrogen and oxygen atoms in total. The summed E-state index contributed by atoms with van der Waals surface area (Å²) in [6.45, 7) is 1.19. The van der Waals surface area contributed by atoms with Crippen LogP contribution in [0.2, 0.25) is 0 Å². The lowest BCUT2D eigenvalue weighted by atomic mass is 10.1. The van der Waals surface area contributed by atoms with Crippen LogP contribution in [0, 0.1) is 0 Å². The van der Waals surface area contributed by atoms with Gasteiger partial charge >= 0.3 is 5.97 Å². The van der Waals surface area contributed by atoms with Gasteiger partial charge in [-0.3, -0.25) is 9.59 Å². The molecule has 1 heterocycles. The number of benzene rings is 1. The normalized spacial score (nSPS) is 18.9. The maximum absolute atomic E-state index is 12.4. The first kappa shape index (κ1) is 15.0. The molecule has 0 aliphatic carbocycles. The standard InChI is InChI=1S/C14H16BrNO4/c15-12-4-2-1-3-10(12)7-13(17)16-5-6-20-9-11(16)8-14(18)19/h1-4,11H,5-9H2,(H,18,19). The molecule has 108 valence electrons. The van der Waals surface area contributed by atoms with Crippen LogP contribution in [-0.2, 0) is 20.7 Å². The summed E-state index contributed by atoms with van der Waals surface area (Å²) in [6, 6.07) is 7.16. The van der Waals surface area contributed by atoms with Crippen molar-refractivity contribution in [2.24, 2.45) is 0 Å². The number of rotatable bonds is 4. The van der Waals surface area contributed by atoms with Gasteiger partial charge in [-0.25, -0.2) is 0 Å². The molecule has 1 saturated heterocycles. The van der Waals surface area contributed by atoms with E-state index in [1.54, 1.807) is 4.90 Å². The second-order valence-corrected chi connectivity index (χ2v) is 5.54. The largest absolute Gasteiger partial charge is 0.481 e. The van der Waals surface area contributed by atoms with E-state index in [4.69, 9.17) is 9.84 Å². The molecule has 1 aliphatic heterocycles. The molecule has 20 heavy (non-hydrogen) atoms. The Labute approximate surface area is 125 Å². The number of ether oxygens (including phenoxy) is 1. The molecule has 1 atom stereocenters. The van der Waals surface area contributed by atoms with Gasteiger partial charge in [0.1, 0.15) is 0 Å². The summed E-state index contributed by atoms with van der Waals surface area (Å²) in [4.78, 5) is 24.8. The van der Waals surface area contributed by atoms with Crippen LogP contribution >= 0.6 is 15.9 Å². The zero-order chi connectivity index (χ0) is 14.5. The molecule has 1 unspecified atom stereocenters. The number of carbonyl (C=O) groups is 2. The third-order valence-electron chi connectivity index (χ3n) is 3.26. The number of morpholine rings is 1. The first-order valence-corrected chi connectivity index (χ1v) is 7.19. The van der Waals surface area contributed by atoms with Crippen molar-refractivity contribution in [1.82, 2.24) is 4.90 Å². The molecule has 0 saturated carbocycles. The highest BCUT2D eigenvalue weighted by atomic mass is 79.9. The summed E-state index contributed by atoms with van der Waals surface area (Å²) in [5.74, 6) is -0.981. The van der Waals surface area contributed by atoms with Gasteiger partial charge in [-0.05, 0) is 11.6 Å². The number of halogens is 1. The quantitative estimate of drug-likeness (QED) is 0.904. The van der Waals surface area contributed by atoms with Crippen LogP contribution in [0.1, 0.15) is 12.0 Å². The van der Waals surface area contributed by atoms with Crippen molar-refractivity contribution >= 4 is 27.8 Å². The van der Waals surface area contributed by atoms with Crippen LogP contribution in [0.3, 0.4) is 0 Å². The molecule has 1 N–H and O–H groups in total. The van der Waals surface area contributed by atoms with Gasteiger partial charge in [-0.2, -0.15) is 0 Å². The fourth-order valence-corrected chi connectivity index (χ4v) is 2.69. The van der Waals surface area contributed by atoms with Gasteiger partial charge in [-0.1, -0.05) is 34.1 Å². The van der Waals surface area contributed by atoms with E-state index in [9.17, 15) is 9.59 Å². The van der Waals surface area contributed by atoms with E-state index in [0.717, 1.165) is 10.0 Å². The summed E-state index contributed by atoms with van der Waals surface area (Å²) in [5, 5.41) is 8.90. The van der Waals surface area contributed by atoms with Gasteiger partial charge in [0, 0.05) is 11.0 Å². The van der Waals surface area contributed by atoms with Crippen LogP contribution in [0.5, 0.6) is 0 Å². The van der Waals surface area contributed by atoms with Gasteiger partial charge < -0.3 is 14.7 Å². The highest BCUT2D eigenvalue weighted by Crippen LogP contribution is 2.19. The Kier molecular flexibility index (Phi) is 5.14. The Morgan fingerprint density at radius 2 is 2.15 bits per heavy atom. The number of nitrogens with zero attached hydrogens (tertiary/aromatic N) is 1. The van der Waals surface area contributed by atoms with E-state index in [0.29, 0.717) is 13.2 Å². The average Bonchev–Trinajstić information content (AvgIpc) is 2.41. The third kappa shape index (κ3) is 3.80. The minimum absolute atomic E-state index is 0.0635. The SMILES string of the molecule is O=C(O)CC1COCCN1C(=O)Cc1ccccc1Br. The molecule has 0 aromatic heterocycles. The van der Waals surface area contributed by atoms with Crippen molar-refractivity contribution in [2.75, 3.05) is 19.8 Å². The minimum Gasteiger partial charge on any atom is -0.481 e. The second kappa shape index (κ2) is 6.85. The Morgan fingerprint density at radius 3 is 2.85 bits per heavy atom. The predicted molar refractivity (Wildman–Crippen MR) is 76.4 cm³/mol. The predicted octanol–water partition coefficient (Wildman–Crippen LogP) is 1.69. The van der Waals surface area contributed by atoms with E-state index < -0.39 is 5.97 Å². The van der Waals surface area contributed by atoms with Crippen molar-refractivity contribution in [3.63, 3.8) is 0 Å². The number of carboxylic acids is 1. The Balaban J connectivity index is 2.06. The Bertz CT molecular complexity index is 506. The van der Waals surface area contributed by atoms with E-state index >= 15 is 0 Å². The molecular weight excluding hydrogens is 326 g/mol. The molecule has 1 fully saturated rings. The number of carbonyl (C=O) groups excluding carboxylic acids is 1. The molecule has 0 radical (unpaired) electrons. The summed E-state index contributed by atoms with van der Waals surface area (Å²) >= 11 is 3.41. The lowest BCUT2D eigenvalue weighted by Crippen LogP contribution is -2.50. The fourth-order valence-electron chi connectivity index (χ4n) is 2.26. The zero-order valence-corrected chi connectivity index (χ0v) is 12.5. The topological polar surface area (TPSA) is 66.8 Å². The number of amides is 1. The summed E-state index contributed by atoms with van der Waals surface area (Å²) in [7, 11) is 0. The van der Waals surface area contributed by atoms with E-state index in [1.165, 1.54) is 0 Å². The second-order valence-electron chi connectivity index (χ2n) is 4.68. The number of carboxylic acid groups (broad SMARTS) is 1. The summed E-state index contributed by atoms with van der Waals surface area (Å²) in [5.41, 5.74) is 0.901. The Hall–Kier alpha value is -1.40. The number of hydrogen-bond acceptors (Lipinski definition) is 3. The van der Waals surface area contributed by atoms with E-state index in [-0.39, 0.29) is 31.4 Å². The molecule has 1 aliphatic rings. The first-order chi connectivity index (χ1) is 9.58. The van der Waals surface area contributed by atoms with Crippen molar-refractivity contribution in [2.45, 2.75) is 18.9 Å². The van der Waals surface area contributed by atoms with Crippen LogP contribution in [0.15, 0.2) is 28.7 Å². The number of hydrogen-bond donors (Lipinski definition) is 1. The van der Waals surface area contributed by atoms with Gasteiger partial charge in [0.25, 0.3) is 0 Å². The minimum atomic E-state index is -0.917. The monoisotopic (exact) mass is 341 g/mol. The van der Waals surface area contributed by atoms with Gasteiger partial charge in [0.2, 0.25) is 5.91 Å². The maximum atomic E-state index is 12.4. The zero-order valence-electron chi connectivity index (χ0n) is 10.9. The molecule has 2 rings (SSSR count). The van der Waals surface area contributed by atoms with Gasteiger partial charge in [0.15, 0.2) is 0 Å². The average molecular weight is 342 g/mol. The van der Waals surface area contributed by atoms with Crippen LogP contribution in [-0.4, -0.2) is 47.7 Å². The van der Waals surface area contributed by atoms with Crippen molar-refractivity contribution < 1.29 is 19.4 Å². The Morgan fingerprint density at radius 1 is 1.40 bits per heavy atom. The molecule has 1 aromatic rings. The molecular formula is C14H16BrNO4. The lowest BCUT2D eigenvalue weighted by molar-refractivity contribution is -0.145. The summed E-state index contributed by atoms with van der Waals surface area (Å²) < 4.78 is 6.16. The molecule has 1 amide bonds. The van der Waals surface area contributed by atoms with Crippen LogP contribution < -0.4 is 0 Å². The smallest absolute Gasteiger partial charge is 0.305 e. The van der Waals surface area contributed by atoms with Crippen molar-refractivity contribution in [3.05, 3.63) is 34.3 Å². The summed E-state index contributed by atoms with van der Waals surface area (Å²) in [6.07, 6.45) is 0.180. The number of aliphatic carboxylic acids is 1. The molecule has 6 heteroatoms. The third-order valence-corrected chi connectivity index (χ3v) is 4.03. The molecule has 0 bridgehead atoms. The maximum Gasteiger partial charge on any atom is 0.305 e. The van der Waals surface area contributed by atoms with E-state index in [1.807, 2.05) is 24.3 Å². The van der Waals surface area contributed by atoms with E-state index in [2.05, 4.69) is 15.9 Å². The highest BCUT2D eigenvalue weighted by Gasteiger charge is 2.29. The van der Waals surface area contributed by atoms with Crippen molar-refractivity contribution in [1.29, 1.82) is 0 Å². The fraction of sp³-hybridized carbons (Fsp3) is 0.429. The molecule has 0 spiro atoms. The molecule has 1 aromatic carbocycles. The van der Waals surface area contributed by atoms with Crippen LogP contribution in [0.4, 0.5) is 0 Å². The van der Waals surface area contributed by atoms with Gasteiger partial charge in [0.05, 0.1) is 32.1 Å². The first-order valence-electron chi connectivity index (χ1n) is 6.40.